The average Bonchev–Trinajstić information content (AvgIpc) is 2.04. The molecule has 12 heavy (non-hydrogen) atoms. The van der Waals surface area contributed by atoms with Gasteiger partial charge in [0.15, 0.2) is 0 Å². The van der Waals surface area contributed by atoms with Gasteiger partial charge in [0.1, 0.15) is 0 Å². The second-order valence-electron chi connectivity index (χ2n) is 2.90. The third-order valence-electron chi connectivity index (χ3n) is 1.94. The molecule has 0 aliphatic heterocycles. The van der Waals surface area contributed by atoms with Crippen molar-refractivity contribution in [3.8, 4) is 0 Å². The molecule has 0 saturated carbocycles. The van der Waals surface area contributed by atoms with Gasteiger partial charge in [-0.2, -0.15) is 0 Å². The molecular formula is C9H14N2O. The molecule has 0 fully saturated rings. The minimum absolute atomic E-state index is 0.0101. The summed E-state index contributed by atoms with van der Waals surface area (Å²) in [6, 6.07) is 0. The van der Waals surface area contributed by atoms with Crippen LogP contribution in [0.4, 0.5) is 0 Å². The highest BCUT2D eigenvalue weighted by Gasteiger charge is 2.02. The molecule has 0 aliphatic carbocycles. The van der Waals surface area contributed by atoms with Crippen molar-refractivity contribution in [2.24, 2.45) is 0 Å². The Kier molecular flexibility index (Phi) is 3.02. The summed E-state index contributed by atoms with van der Waals surface area (Å²) in [6.45, 7) is 3.99. The molecule has 1 aromatic rings. The Labute approximate surface area is 71.9 Å². The van der Waals surface area contributed by atoms with E-state index in [0.29, 0.717) is 0 Å². The van der Waals surface area contributed by atoms with E-state index in [0.717, 1.165) is 30.5 Å². The molecule has 0 bridgehead atoms. The first-order chi connectivity index (χ1) is 5.75. The first kappa shape index (κ1) is 8.97. The molecule has 3 heteroatoms. The van der Waals surface area contributed by atoms with Gasteiger partial charge >= 0.3 is 0 Å². The second-order valence-corrected chi connectivity index (χ2v) is 2.90. The van der Waals surface area contributed by atoms with Gasteiger partial charge < -0.3 is 4.98 Å². The van der Waals surface area contributed by atoms with Gasteiger partial charge in [-0.05, 0) is 19.8 Å². The fourth-order valence-corrected chi connectivity index (χ4v) is 1.17. The van der Waals surface area contributed by atoms with E-state index < -0.39 is 0 Å². The van der Waals surface area contributed by atoms with Crippen molar-refractivity contribution in [1.82, 2.24) is 9.97 Å². The van der Waals surface area contributed by atoms with Crippen molar-refractivity contribution in [1.29, 1.82) is 0 Å². The van der Waals surface area contributed by atoms with Crippen LogP contribution in [0.3, 0.4) is 0 Å². The van der Waals surface area contributed by atoms with Crippen LogP contribution in [0.5, 0.6) is 0 Å². The Bertz CT molecular complexity index is 304. The highest BCUT2D eigenvalue weighted by atomic mass is 16.1. The summed E-state index contributed by atoms with van der Waals surface area (Å²) in [7, 11) is 0. The van der Waals surface area contributed by atoms with Crippen molar-refractivity contribution in [2.45, 2.75) is 33.1 Å². The van der Waals surface area contributed by atoms with Crippen LogP contribution in [-0.4, -0.2) is 9.97 Å². The van der Waals surface area contributed by atoms with Gasteiger partial charge in [0.25, 0.3) is 5.56 Å². The highest BCUT2D eigenvalue weighted by Crippen LogP contribution is 2.01. The summed E-state index contributed by atoms with van der Waals surface area (Å²) in [5.41, 5.74) is 1.70. The average molecular weight is 166 g/mol. The van der Waals surface area contributed by atoms with Crippen LogP contribution in [0.2, 0.25) is 0 Å². The maximum absolute atomic E-state index is 11.3. The van der Waals surface area contributed by atoms with E-state index in [1.165, 1.54) is 6.33 Å². The van der Waals surface area contributed by atoms with E-state index in [-0.39, 0.29) is 5.56 Å². The Morgan fingerprint density at radius 1 is 1.58 bits per heavy atom. The van der Waals surface area contributed by atoms with Gasteiger partial charge in [0.2, 0.25) is 0 Å². The summed E-state index contributed by atoms with van der Waals surface area (Å²) in [5.74, 6) is 0. The predicted molar refractivity (Wildman–Crippen MR) is 48.2 cm³/mol. The first-order valence-electron chi connectivity index (χ1n) is 4.29. The number of nitrogens with one attached hydrogen (secondary N) is 1. The summed E-state index contributed by atoms with van der Waals surface area (Å²) in [6.07, 6.45) is 4.45. The van der Waals surface area contributed by atoms with Crippen molar-refractivity contribution in [3.63, 3.8) is 0 Å². The smallest absolute Gasteiger partial charge is 0.254 e. The highest BCUT2D eigenvalue weighted by molar-refractivity contribution is 5.14. The van der Waals surface area contributed by atoms with Crippen molar-refractivity contribution in [2.75, 3.05) is 0 Å². The summed E-state index contributed by atoms with van der Waals surface area (Å²) in [5, 5.41) is 0. The number of aryl methyl sites for hydroxylation is 1. The molecule has 3 nitrogen and oxygen atoms in total. The molecule has 0 saturated heterocycles. The summed E-state index contributed by atoms with van der Waals surface area (Å²) >= 11 is 0. The number of nitrogens with zero attached hydrogens (tertiary/aromatic N) is 1. The number of rotatable bonds is 3. The number of hydrogen-bond acceptors (Lipinski definition) is 2. The van der Waals surface area contributed by atoms with Gasteiger partial charge in [-0.1, -0.05) is 13.3 Å². The maximum atomic E-state index is 11.3. The second kappa shape index (κ2) is 4.04. The summed E-state index contributed by atoms with van der Waals surface area (Å²) in [4.78, 5) is 17.9. The standard InChI is InChI=1S/C9H14N2O/c1-3-4-5-8-7(2)10-6-11-9(8)12/h6H,3-5H2,1-2H3,(H,10,11,12). The Balaban J connectivity index is 2.89. The minimum atomic E-state index is 0.0101. The quantitative estimate of drug-likeness (QED) is 0.738. The van der Waals surface area contributed by atoms with E-state index in [4.69, 9.17) is 0 Å². The zero-order valence-electron chi connectivity index (χ0n) is 7.55. The Morgan fingerprint density at radius 3 is 2.92 bits per heavy atom. The SMILES string of the molecule is CCCCc1c(C)nc[nH]c1=O. The number of aromatic nitrogens is 2. The number of aromatic amines is 1. The molecule has 0 amide bonds. The number of H-pyrrole nitrogens is 1. The van der Waals surface area contributed by atoms with Crippen LogP contribution in [0.25, 0.3) is 0 Å². The zero-order chi connectivity index (χ0) is 8.97. The maximum Gasteiger partial charge on any atom is 0.254 e. The monoisotopic (exact) mass is 166 g/mol. The Morgan fingerprint density at radius 2 is 2.33 bits per heavy atom. The lowest BCUT2D eigenvalue weighted by atomic mass is 10.1. The number of unbranched alkanes of at least 4 members (excludes halogenated alkanes) is 1. The van der Waals surface area contributed by atoms with Gasteiger partial charge in [0.05, 0.1) is 6.33 Å². The molecular weight excluding hydrogens is 152 g/mol. The molecule has 0 spiro atoms. The largest absolute Gasteiger partial charge is 0.313 e. The molecule has 1 N–H and O–H groups in total. The molecule has 0 unspecified atom stereocenters. The van der Waals surface area contributed by atoms with Crippen LogP contribution < -0.4 is 5.56 Å². The van der Waals surface area contributed by atoms with Crippen molar-refractivity contribution in [3.05, 3.63) is 27.9 Å². The lowest BCUT2D eigenvalue weighted by Gasteiger charge is -2.00. The molecule has 66 valence electrons. The lowest BCUT2D eigenvalue weighted by Crippen LogP contribution is -2.15. The van der Waals surface area contributed by atoms with Crippen LogP contribution in [0.15, 0.2) is 11.1 Å². The van der Waals surface area contributed by atoms with E-state index >= 15 is 0 Å². The van der Waals surface area contributed by atoms with Crippen molar-refractivity contribution >= 4 is 0 Å². The number of hydrogen-bond donors (Lipinski definition) is 1. The zero-order valence-corrected chi connectivity index (χ0v) is 7.55. The molecule has 1 aromatic heterocycles. The molecule has 0 aromatic carbocycles. The van der Waals surface area contributed by atoms with E-state index in [2.05, 4.69) is 16.9 Å². The normalized spacial score (nSPS) is 10.2. The molecule has 0 radical (unpaired) electrons. The van der Waals surface area contributed by atoms with E-state index in [1.54, 1.807) is 0 Å². The van der Waals surface area contributed by atoms with Crippen LogP contribution >= 0.6 is 0 Å². The fraction of sp³-hybridized carbons (Fsp3) is 0.556. The van der Waals surface area contributed by atoms with Gasteiger partial charge in [-0.25, -0.2) is 4.98 Å². The molecule has 1 heterocycles. The van der Waals surface area contributed by atoms with Gasteiger partial charge in [0, 0.05) is 11.3 Å². The third kappa shape index (κ3) is 1.94. The predicted octanol–water partition coefficient (Wildman–Crippen LogP) is 1.42. The fourth-order valence-electron chi connectivity index (χ4n) is 1.17. The van der Waals surface area contributed by atoms with Crippen LogP contribution in [0, 0.1) is 6.92 Å². The van der Waals surface area contributed by atoms with Crippen molar-refractivity contribution < 1.29 is 0 Å². The van der Waals surface area contributed by atoms with Crippen LogP contribution in [-0.2, 0) is 6.42 Å². The third-order valence-corrected chi connectivity index (χ3v) is 1.94. The van der Waals surface area contributed by atoms with Gasteiger partial charge in [-0.15, -0.1) is 0 Å². The van der Waals surface area contributed by atoms with Crippen LogP contribution in [0.1, 0.15) is 31.0 Å². The van der Waals surface area contributed by atoms with E-state index in [9.17, 15) is 4.79 Å². The summed E-state index contributed by atoms with van der Waals surface area (Å²) < 4.78 is 0. The molecule has 1 rings (SSSR count). The minimum Gasteiger partial charge on any atom is -0.313 e. The molecule has 0 aliphatic rings. The lowest BCUT2D eigenvalue weighted by molar-refractivity contribution is 0.773. The Hall–Kier alpha value is -1.12. The molecule has 0 atom stereocenters. The van der Waals surface area contributed by atoms with E-state index in [1.807, 2.05) is 6.92 Å². The first-order valence-corrected chi connectivity index (χ1v) is 4.29. The van der Waals surface area contributed by atoms with Gasteiger partial charge in [-0.3, -0.25) is 4.79 Å². The topological polar surface area (TPSA) is 45.8 Å².